The Balaban J connectivity index is 1.63. The smallest absolute Gasteiger partial charge is 0.320 e. The van der Waals surface area contributed by atoms with E-state index < -0.39 is 0 Å². The number of aromatic nitrogens is 1. The number of nitrogens with zero attached hydrogens (tertiary/aromatic N) is 1. The Hall–Kier alpha value is -2.96. The fraction of sp³-hybridized carbons (Fsp3) is 0.235. The van der Waals surface area contributed by atoms with E-state index >= 15 is 0 Å². The number of rotatable bonds is 6. The Morgan fingerprint density at radius 1 is 1.04 bits per heavy atom. The maximum atomic E-state index is 12.8. The number of carbonyl (C=O) groups excluding carboxylic acids is 2. The summed E-state index contributed by atoms with van der Waals surface area (Å²) < 4.78 is 12.8. The Morgan fingerprint density at radius 2 is 1.75 bits per heavy atom. The summed E-state index contributed by atoms with van der Waals surface area (Å²) in [6, 6.07) is 10.3. The fourth-order valence-electron chi connectivity index (χ4n) is 1.97. The summed E-state index contributed by atoms with van der Waals surface area (Å²) >= 11 is 0. The Bertz CT molecular complexity index is 704. The molecule has 7 heteroatoms. The van der Waals surface area contributed by atoms with Crippen molar-refractivity contribution < 1.29 is 14.0 Å². The monoisotopic (exact) mass is 330 g/mol. The zero-order chi connectivity index (χ0) is 17.4. The second-order valence-electron chi connectivity index (χ2n) is 5.16. The van der Waals surface area contributed by atoms with Gasteiger partial charge in [-0.2, -0.15) is 0 Å². The molecule has 3 N–H and O–H groups in total. The van der Waals surface area contributed by atoms with Gasteiger partial charge in [0.1, 0.15) is 11.6 Å². The minimum atomic E-state index is -0.384. The molecule has 0 aliphatic rings. The standard InChI is InChI=1S/C17H19FN4O2/c1-12-4-2-5-15(21-12)22-17(24)20-11-3-10-19-16(23)13-6-8-14(18)9-7-13/h2,4-9H,3,10-11H2,1H3,(H,19,23)(H2,20,21,22,24). The lowest BCUT2D eigenvalue weighted by molar-refractivity contribution is 0.0953. The van der Waals surface area contributed by atoms with E-state index in [2.05, 4.69) is 20.9 Å². The Morgan fingerprint density at radius 3 is 2.46 bits per heavy atom. The molecule has 3 amide bonds. The van der Waals surface area contributed by atoms with E-state index in [-0.39, 0.29) is 17.8 Å². The summed E-state index contributed by atoms with van der Waals surface area (Å²) in [5.74, 6) is -0.176. The lowest BCUT2D eigenvalue weighted by Crippen LogP contribution is -2.32. The minimum Gasteiger partial charge on any atom is -0.352 e. The lowest BCUT2D eigenvalue weighted by atomic mass is 10.2. The van der Waals surface area contributed by atoms with Gasteiger partial charge in [-0.25, -0.2) is 14.2 Å². The summed E-state index contributed by atoms with van der Waals surface area (Å²) in [6.45, 7) is 2.65. The second kappa shape index (κ2) is 8.61. The van der Waals surface area contributed by atoms with Crippen molar-refractivity contribution in [2.75, 3.05) is 18.4 Å². The van der Waals surface area contributed by atoms with Crippen molar-refractivity contribution in [1.82, 2.24) is 15.6 Å². The van der Waals surface area contributed by atoms with Crippen LogP contribution in [0, 0.1) is 12.7 Å². The van der Waals surface area contributed by atoms with E-state index in [1.54, 1.807) is 6.07 Å². The van der Waals surface area contributed by atoms with E-state index in [1.165, 1.54) is 24.3 Å². The van der Waals surface area contributed by atoms with Gasteiger partial charge in [-0.15, -0.1) is 0 Å². The van der Waals surface area contributed by atoms with Crippen molar-refractivity contribution in [3.05, 3.63) is 59.5 Å². The number of hydrogen-bond donors (Lipinski definition) is 3. The van der Waals surface area contributed by atoms with Gasteiger partial charge in [0.05, 0.1) is 0 Å². The summed E-state index contributed by atoms with van der Waals surface area (Å²) in [7, 11) is 0. The number of pyridine rings is 1. The zero-order valence-electron chi connectivity index (χ0n) is 13.3. The third-order valence-corrected chi connectivity index (χ3v) is 3.16. The summed E-state index contributed by atoms with van der Waals surface area (Å²) in [5, 5.41) is 8.01. The SMILES string of the molecule is Cc1cccc(NC(=O)NCCCNC(=O)c2ccc(F)cc2)n1. The number of benzene rings is 1. The fourth-order valence-corrected chi connectivity index (χ4v) is 1.97. The van der Waals surface area contributed by atoms with Gasteiger partial charge in [-0.05, 0) is 49.7 Å². The first-order valence-corrected chi connectivity index (χ1v) is 7.57. The van der Waals surface area contributed by atoms with Gasteiger partial charge < -0.3 is 10.6 Å². The van der Waals surface area contributed by atoms with Crippen LogP contribution in [0.1, 0.15) is 22.5 Å². The molecule has 0 spiro atoms. The van der Waals surface area contributed by atoms with Crippen LogP contribution in [0.25, 0.3) is 0 Å². The zero-order valence-corrected chi connectivity index (χ0v) is 13.3. The van der Waals surface area contributed by atoms with Crippen molar-refractivity contribution in [2.45, 2.75) is 13.3 Å². The number of nitrogens with one attached hydrogen (secondary N) is 3. The molecule has 6 nitrogen and oxygen atoms in total. The van der Waals surface area contributed by atoms with Crippen LogP contribution in [-0.2, 0) is 0 Å². The highest BCUT2D eigenvalue weighted by atomic mass is 19.1. The van der Waals surface area contributed by atoms with E-state index in [4.69, 9.17) is 0 Å². The third kappa shape index (κ3) is 5.68. The Labute approximate surface area is 139 Å². The minimum absolute atomic E-state index is 0.275. The van der Waals surface area contributed by atoms with Crippen LogP contribution < -0.4 is 16.0 Å². The predicted octanol–water partition coefficient (Wildman–Crippen LogP) is 2.47. The van der Waals surface area contributed by atoms with Gasteiger partial charge in [0.15, 0.2) is 0 Å². The first kappa shape index (κ1) is 17.4. The molecule has 1 aromatic heterocycles. The van der Waals surface area contributed by atoms with Crippen LogP contribution in [0.15, 0.2) is 42.5 Å². The van der Waals surface area contributed by atoms with Crippen molar-refractivity contribution in [2.24, 2.45) is 0 Å². The molecule has 0 bridgehead atoms. The molecule has 0 aliphatic heterocycles. The maximum absolute atomic E-state index is 12.8. The topological polar surface area (TPSA) is 83.1 Å². The summed E-state index contributed by atoms with van der Waals surface area (Å²) in [5.41, 5.74) is 1.21. The number of anilines is 1. The number of halogens is 1. The summed E-state index contributed by atoms with van der Waals surface area (Å²) in [4.78, 5) is 27.6. The molecule has 1 heterocycles. The normalized spacial score (nSPS) is 10.1. The molecule has 0 saturated heterocycles. The van der Waals surface area contributed by atoms with Crippen LogP contribution in [0.4, 0.5) is 15.0 Å². The van der Waals surface area contributed by atoms with Gasteiger partial charge in [0, 0.05) is 24.3 Å². The van der Waals surface area contributed by atoms with E-state index in [0.29, 0.717) is 30.9 Å². The molecule has 24 heavy (non-hydrogen) atoms. The average molecular weight is 330 g/mol. The van der Waals surface area contributed by atoms with Gasteiger partial charge >= 0.3 is 6.03 Å². The molecular formula is C17H19FN4O2. The predicted molar refractivity (Wildman–Crippen MR) is 89.3 cm³/mol. The highest BCUT2D eigenvalue weighted by molar-refractivity contribution is 5.94. The first-order chi connectivity index (χ1) is 11.5. The molecule has 0 saturated carbocycles. The van der Waals surface area contributed by atoms with Crippen molar-refractivity contribution >= 4 is 17.8 Å². The van der Waals surface area contributed by atoms with Crippen molar-refractivity contribution in [3.63, 3.8) is 0 Å². The van der Waals surface area contributed by atoms with Gasteiger partial charge in [-0.1, -0.05) is 6.07 Å². The van der Waals surface area contributed by atoms with Crippen LogP contribution >= 0.6 is 0 Å². The van der Waals surface area contributed by atoms with Gasteiger partial charge in [0.25, 0.3) is 5.91 Å². The third-order valence-electron chi connectivity index (χ3n) is 3.16. The average Bonchev–Trinajstić information content (AvgIpc) is 2.55. The quantitative estimate of drug-likeness (QED) is 0.712. The number of urea groups is 1. The van der Waals surface area contributed by atoms with Crippen LogP contribution in [0.5, 0.6) is 0 Å². The number of hydrogen-bond acceptors (Lipinski definition) is 3. The molecule has 1 aromatic carbocycles. The maximum Gasteiger partial charge on any atom is 0.320 e. The number of aryl methyl sites for hydroxylation is 1. The first-order valence-electron chi connectivity index (χ1n) is 7.57. The molecule has 0 atom stereocenters. The van der Waals surface area contributed by atoms with Crippen LogP contribution in [0.3, 0.4) is 0 Å². The van der Waals surface area contributed by atoms with E-state index in [0.717, 1.165) is 5.69 Å². The largest absolute Gasteiger partial charge is 0.352 e. The molecular weight excluding hydrogens is 311 g/mol. The molecule has 2 aromatic rings. The molecule has 2 rings (SSSR count). The molecule has 0 aliphatic carbocycles. The highest BCUT2D eigenvalue weighted by Gasteiger charge is 2.05. The number of carbonyl (C=O) groups is 2. The van der Waals surface area contributed by atoms with Gasteiger partial charge in [0.2, 0.25) is 0 Å². The summed E-state index contributed by atoms with van der Waals surface area (Å²) in [6.07, 6.45) is 0.571. The molecule has 0 radical (unpaired) electrons. The van der Waals surface area contributed by atoms with Crippen molar-refractivity contribution in [1.29, 1.82) is 0 Å². The highest BCUT2D eigenvalue weighted by Crippen LogP contribution is 2.03. The van der Waals surface area contributed by atoms with Crippen LogP contribution in [-0.4, -0.2) is 30.0 Å². The molecule has 0 fully saturated rings. The Kier molecular flexibility index (Phi) is 6.24. The number of amides is 3. The second-order valence-corrected chi connectivity index (χ2v) is 5.16. The van der Waals surface area contributed by atoms with E-state index in [9.17, 15) is 14.0 Å². The lowest BCUT2D eigenvalue weighted by Gasteiger charge is -2.08. The van der Waals surface area contributed by atoms with Gasteiger partial charge in [-0.3, -0.25) is 10.1 Å². The molecule has 126 valence electrons. The van der Waals surface area contributed by atoms with E-state index in [1.807, 2.05) is 19.1 Å². The van der Waals surface area contributed by atoms with Crippen LogP contribution in [0.2, 0.25) is 0 Å². The molecule has 0 unspecified atom stereocenters. The van der Waals surface area contributed by atoms with Crippen molar-refractivity contribution in [3.8, 4) is 0 Å².